The smallest absolute Gasteiger partial charge is 1.00 e. The van der Waals surface area contributed by atoms with Crippen molar-refractivity contribution in [3.63, 3.8) is 0 Å². The summed E-state index contributed by atoms with van der Waals surface area (Å²) in [5, 5.41) is 0. The Kier molecular flexibility index (Phi) is 7.53. The summed E-state index contributed by atoms with van der Waals surface area (Å²) in [6.07, 6.45) is 5.16. The van der Waals surface area contributed by atoms with E-state index in [1.54, 1.807) is 0 Å². The summed E-state index contributed by atoms with van der Waals surface area (Å²) >= 11 is -1.74. The van der Waals surface area contributed by atoms with Crippen molar-refractivity contribution in [2.75, 3.05) is 0 Å². The fraction of sp³-hybridized carbons (Fsp3) is 0.370. The fourth-order valence-electron chi connectivity index (χ4n) is 4.83. The molecule has 2 unspecified atom stereocenters. The number of rotatable bonds is 2. The molecule has 0 amide bonds. The first-order valence-electron chi connectivity index (χ1n) is 10.4. The molecule has 30 heavy (non-hydrogen) atoms. The zero-order valence-corrected chi connectivity index (χ0v) is 22.0. The molecule has 0 N–H and O–H groups in total. The maximum atomic E-state index is 4.91. The van der Waals surface area contributed by atoms with Crippen LogP contribution in [0.5, 0.6) is 0 Å². The summed E-state index contributed by atoms with van der Waals surface area (Å²) in [7, 11) is 0. The summed E-state index contributed by atoms with van der Waals surface area (Å²) in [6.45, 7) is 14.0. The van der Waals surface area contributed by atoms with Gasteiger partial charge in [-0.3, -0.25) is 0 Å². The first-order valence-corrected chi connectivity index (χ1v) is 13.3. The zero-order valence-electron chi connectivity index (χ0n) is 18.9. The van der Waals surface area contributed by atoms with Gasteiger partial charge >= 0.3 is 177 Å². The Hall–Kier alpha value is -0.916. The van der Waals surface area contributed by atoms with Gasteiger partial charge < -0.3 is 24.8 Å². The van der Waals surface area contributed by atoms with Gasteiger partial charge in [0.1, 0.15) is 0 Å². The van der Waals surface area contributed by atoms with Crippen LogP contribution < -0.4 is 24.8 Å². The second kappa shape index (κ2) is 8.91. The third-order valence-corrected chi connectivity index (χ3v) is 10.2. The van der Waals surface area contributed by atoms with Crippen LogP contribution in [0, 0.1) is 10.8 Å². The number of hydrogen-bond acceptors (Lipinski definition) is 0. The molecule has 2 aromatic rings. The van der Waals surface area contributed by atoms with Gasteiger partial charge in [-0.05, 0) is 0 Å². The second-order valence-electron chi connectivity index (χ2n) is 10.4. The third-order valence-electron chi connectivity index (χ3n) is 6.25. The van der Waals surface area contributed by atoms with Crippen LogP contribution in [0.1, 0.15) is 72.2 Å². The van der Waals surface area contributed by atoms with Crippen molar-refractivity contribution >= 4 is 16.0 Å². The first-order chi connectivity index (χ1) is 13.1. The van der Waals surface area contributed by atoms with Crippen molar-refractivity contribution in [2.45, 2.75) is 50.0 Å². The van der Waals surface area contributed by atoms with Gasteiger partial charge in [-0.2, -0.15) is 0 Å². The summed E-state index contributed by atoms with van der Waals surface area (Å²) in [4.78, 5) is 4.91. The van der Waals surface area contributed by atoms with E-state index >= 15 is 0 Å². The summed E-state index contributed by atoms with van der Waals surface area (Å²) in [5.74, 6) is 0. The maximum Gasteiger partial charge on any atom is -1.00 e. The Morgan fingerprint density at radius 3 is 1.30 bits per heavy atom. The summed E-state index contributed by atoms with van der Waals surface area (Å²) < 4.78 is 1.05. The molecule has 0 fully saturated rings. The second-order valence-corrected chi connectivity index (χ2v) is 14.1. The number of benzene rings is 2. The van der Waals surface area contributed by atoms with Gasteiger partial charge in [0.05, 0.1) is 0 Å². The van der Waals surface area contributed by atoms with Crippen molar-refractivity contribution in [1.82, 2.24) is 0 Å². The van der Waals surface area contributed by atoms with E-state index in [0.29, 0.717) is 8.45 Å². The Morgan fingerprint density at radius 2 is 0.967 bits per heavy atom. The molecule has 0 heterocycles. The predicted octanol–water partition coefficient (Wildman–Crippen LogP) is 1.41. The first kappa shape index (κ1) is 25.3. The third kappa shape index (κ3) is 4.35. The maximum absolute atomic E-state index is 4.91. The summed E-state index contributed by atoms with van der Waals surface area (Å²) in [6, 6.07) is 18.1. The van der Waals surface area contributed by atoms with Crippen LogP contribution in [0.25, 0.3) is 11.1 Å². The van der Waals surface area contributed by atoms with Gasteiger partial charge in [0.15, 0.2) is 0 Å². The molecular formula is C27H32Cl2Ti. The molecule has 2 aliphatic rings. The van der Waals surface area contributed by atoms with Crippen LogP contribution in [0.3, 0.4) is 0 Å². The molecule has 0 saturated heterocycles. The quantitative estimate of drug-likeness (QED) is 0.577. The van der Waals surface area contributed by atoms with Gasteiger partial charge in [0.2, 0.25) is 0 Å². The van der Waals surface area contributed by atoms with Gasteiger partial charge in [-0.15, -0.1) is 0 Å². The molecule has 0 spiro atoms. The van der Waals surface area contributed by atoms with Crippen LogP contribution in [0.15, 0.2) is 60.7 Å². The monoisotopic (exact) mass is 474 g/mol. The van der Waals surface area contributed by atoms with Gasteiger partial charge in [0, 0.05) is 0 Å². The Balaban J connectivity index is 0.00000160. The molecule has 2 aromatic carbocycles. The minimum Gasteiger partial charge on any atom is -1.00 e. The fourth-order valence-corrected chi connectivity index (χ4v) is 8.66. The largest absolute Gasteiger partial charge is 1.00 e. The molecule has 3 heteroatoms. The molecule has 4 rings (SSSR count). The molecule has 0 saturated carbocycles. The SMILES string of the molecule is [CH2]=[Ti+2]([CH]1C=C(C(C)(C)C)c2ccccc21)[CH]1C=C(C(C)(C)C)c2ccccc21.[Cl-].[Cl-]. The molecule has 0 nitrogen and oxygen atoms in total. The predicted molar refractivity (Wildman–Crippen MR) is 120 cm³/mol. The molecule has 0 aliphatic heterocycles. The van der Waals surface area contributed by atoms with E-state index in [2.05, 4.69) is 102 Å². The molecule has 2 atom stereocenters. The van der Waals surface area contributed by atoms with E-state index in [4.69, 9.17) is 4.82 Å². The van der Waals surface area contributed by atoms with Crippen LogP contribution in [0.4, 0.5) is 0 Å². The Morgan fingerprint density at radius 1 is 0.633 bits per heavy atom. The normalized spacial score (nSPS) is 19.4. The van der Waals surface area contributed by atoms with Crippen molar-refractivity contribution < 1.29 is 42.2 Å². The molecular weight excluding hydrogens is 443 g/mol. The van der Waals surface area contributed by atoms with Gasteiger partial charge in [0.25, 0.3) is 0 Å². The number of fused-ring (bicyclic) bond motifs is 2. The average Bonchev–Trinajstić information content (AvgIpc) is 3.20. The number of halogens is 2. The van der Waals surface area contributed by atoms with Crippen molar-refractivity contribution in [3.05, 3.63) is 82.9 Å². The van der Waals surface area contributed by atoms with E-state index in [0.717, 1.165) is 0 Å². The van der Waals surface area contributed by atoms with Crippen LogP contribution in [-0.2, 0) is 17.4 Å². The minimum absolute atomic E-state index is 0. The molecule has 158 valence electrons. The Labute approximate surface area is 201 Å². The van der Waals surface area contributed by atoms with E-state index in [1.807, 2.05) is 0 Å². The molecule has 0 radical (unpaired) electrons. The minimum atomic E-state index is -1.74. The topological polar surface area (TPSA) is 0 Å². The van der Waals surface area contributed by atoms with Crippen LogP contribution in [-0.4, -0.2) is 4.82 Å². The van der Waals surface area contributed by atoms with Gasteiger partial charge in [-0.25, -0.2) is 0 Å². The van der Waals surface area contributed by atoms with E-state index in [-0.39, 0.29) is 35.6 Å². The van der Waals surface area contributed by atoms with E-state index in [9.17, 15) is 0 Å². The molecule has 0 aromatic heterocycles. The number of allylic oxidation sites excluding steroid dienone is 4. The van der Waals surface area contributed by atoms with Crippen LogP contribution in [0.2, 0.25) is 0 Å². The van der Waals surface area contributed by atoms with Crippen molar-refractivity contribution in [2.24, 2.45) is 10.8 Å². The average molecular weight is 475 g/mol. The number of hydrogen-bond donors (Lipinski definition) is 0. The van der Waals surface area contributed by atoms with Crippen molar-refractivity contribution in [1.29, 1.82) is 0 Å². The van der Waals surface area contributed by atoms with Crippen LogP contribution >= 0.6 is 0 Å². The Bertz CT molecular complexity index is 934. The van der Waals surface area contributed by atoms with Gasteiger partial charge in [-0.1, -0.05) is 0 Å². The van der Waals surface area contributed by atoms with Crippen molar-refractivity contribution in [3.8, 4) is 0 Å². The zero-order chi connectivity index (χ0) is 20.3. The van der Waals surface area contributed by atoms with E-state index < -0.39 is 17.4 Å². The molecule has 2 aliphatic carbocycles. The van der Waals surface area contributed by atoms with E-state index in [1.165, 1.54) is 33.4 Å². The summed E-state index contributed by atoms with van der Waals surface area (Å²) in [5.41, 5.74) is 9.31. The standard InChI is InChI=1S/2C13H15.CH2.2ClH.Ti/c2*1-13(2,3)12-9-8-10-6-4-5-7-11(10)12;;;;/h2*4-9H,1-3H3;1H2;2*1H;/q;;;;;+2/p-2. The molecule has 0 bridgehead atoms.